The van der Waals surface area contributed by atoms with Crippen molar-refractivity contribution in [1.82, 2.24) is 0 Å². The van der Waals surface area contributed by atoms with Crippen LogP contribution in [0.4, 0.5) is 0 Å². The van der Waals surface area contributed by atoms with Crippen molar-refractivity contribution in [1.29, 1.82) is 5.26 Å². The lowest BCUT2D eigenvalue weighted by Gasteiger charge is -2.01. The lowest BCUT2D eigenvalue weighted by Crippen LogP contribution is -1.92. The first-order chi connectivity index (χ1) is 6.36. The highest BCUT2D eigenvalue weighted by molar-refractivity contribution is 5.34. The van der Waals surface area contributed by atoms with Crippen LogP contribution in [0.3, 0.4) is 0 Å². The van der Waals surface area contributed by atoms with Gasteiger partial charge in [0, 0.05) is 0 Å². The molecule has 0 amide bonds. The third-order valence-corrected chi connectivity index (χ3v) is 1.57. The van der Waals surface area contributed by atoms with Crippen molar-refractivity contribution in [3.05, 3.63) is 42.0 Å². The van der Waals surface area contributed by atoms with Crippen molar-refractivity contribution >= 4 is 0 Å². The molecule has 0 fully saturated rings. The van der Waals surface area contributed by atoms with Gasteiger partial charge < -0.3 is 4.74 Å². The molecule has 2 nitrogen and oxygen atoms in total. The SMILES string of the molecule is C/C=C/COc1ccc(C#N)cc1. The molecule has 0 saturated carbocycles. The fourth-order valence-electron chi connectivity index (χ4n) is 0.866. The molecule has 0 aliphatic heterocycles. The monoisotopic (exact) mass is 173 g/mol. The molecule has 1 aromatic rings. The minimum Gasteiger partial charge on any atom is -0.490 e. The summed E-state index contributed by atoms with van der Waals surface area (Å²) < 4.78 is 5.35. The van der Waals surface area contributed by atoms with E-state index in [0.29, 0.717) is 12.2 Å². The number of rotatable bonds is 3. The van der Waals surface area contributed by atoms with E-state index in [9.17, 15) is 0 Å². The average Bonchev–Trinajstić information content (AvgIpc) is 2.19. The van der Waals surface area contributed by atoms with E-state index in [0.717, 1.165) is 5.75 Å². The molecule has 0 radical (unpaired) electrons. The molecule has 1 rings (SSSR count). The smallest absolute Gasteiger partial charge is 0.119 e. The van der Waals surface area contributed by atoms with Gasteiger partial charge >= 0.3 is 0 Å². The Morgan fingerprint density at radius 2 is 2.08 bits per heavy atom. The highest BCUT2D eigenvalue weighted by Gasteiger charge is 1.91. The number of hydrogen-bond donors (Lipinski definition) is 0. The fraction of sp³-hybridized carbons (Fsp3) is 0.182. The Hall–Kier alpha value is -1.75. The second kappa shape index (κ2) is 5.00. The summed E-state index contributed by atoms with van der Waals surface area (Å²) in [5, 5.41) is 8.54. The minimum absolute atomic E-state index is 0.572. The molecule has 66 valence electrons. The van der Waals surface area contributed by atoms with E-state index in [1.807, 2.05) is 19.1 Å². The van der Waals surface area contributed by atoms with Crippen LogP contribution in [0, 0.1) is 11.3 Å². The third-order valence-electron chi connectivity index (χ3n) is 1.57. The van der Waals surface area contributed by atoms with E-state index in [1.54, 1.807) is 24.3 Å². The molecular formula is C11H11NO. The summed E-state index contributed by atoms with van der Waals surface area (Å²) in [5.74, 6) is 0.789. The summed E-state index contributed by atoms with van der Waals surface area (Å²) in [4.78, 5) is 0. The molecule has 13 heavy (non-hydrogen) atoms. The molecule has 2 heteroatoms. The summed E-state index contributed by atoms with van der Waals surface area (Å²) in [6.45, 7) is 2.52. The standard InChI is InChI=1S/C11H11NO/c1-2-3-8-13-11-6-4-10(9-12)5-7-11/h2-7H,8H2,1H3/b3-2+. The molecule has 0 aliphatic rings. The van der Waals surface area contributed by atoms with Crippen LogP contribution in [0.2, 0.25) is 0 Å². The van der Waals surface area contributed by atoms with Crippen molar-refractivity contribution in [2.75, 3.05) is 6.61 Å². The lowest BCUT2D eigenvalue weighted by molar-refractivity contribution is 0.362. The van der Waals surface area contributed by atoms with Gasteiger partial charge in [0.15, 0.2) is 0 Å². The van der Waals surface area contributed by atoms with Crippen molar-refractivity contribution < 1.29 is 4.74 Å². The quantitative estimate of drug-likeness (QED) is 0.658. The molecule has 0 aliphatic carbocycles. The molecule has 0 unspecified atom stereocenters. The summed E-state index contributed by atoms with van der Waals surface area (Å²) in [5.41, 5.74) is 0.651. The van der Waals surface area contributed by atoms with Gasteiger partial charge in [-0.3, -0.25) is 0 Å². The zero-order chi connectivity index (χ0) is 9.52. The van der Waals surface area contributed by atoms with E-state index in [2.05, 4.69) is 6.07 Å². The van der Waals surface area contributed by atoms with Crippen LogP contribution in [0.1, 0.15) is 12.5 Å². The van der Waals surface area contributed by atoms with Crippen LogP contribution in [0.15, 0.2) is 36.4 Å². The van der Waals surface area contributed by atoms with Gasteiger partial charge in [-0.05, 0) is 31.2 Å². The molecule has 1 aromatic carbocycles. The van der Waals surface area contributed by atoms with Gasteiger partial charge in [0.1, 0.15) is 12.4 Å². The van der Waals surface area contributed by atoms with Crippen LogP contribution in [0.5, 0.6) is 5.75 Å². The number of hydrogen-bond acceptors (Lipinski definition) is 2. The topological polar surface area (TPSA) is 33.0 Å². The second-order valence-electron chi connectivity index (χ2n) is 2.52. The van der Waals surface area contributed by atoms with Crippen molar-refractivity contribution in [2.45, 2.75) is 6.92 Å². The number of nitrogens with zero attached hydrogens (tertiary/aromatic N) is 1. The average molecular weight is 173 g/mol. The Morgan fingerprint density at radius 1 is 1.38 bits per heavy atom. The number of ether oxygens (including phenoxy) is 1. The van der Waals surface area contributed by atoms with Gasteiger partial charge in [-0.1, -0.05) is 12.2 Å². The van der Waals surface area contributed by atoms with Crippen molar-refractivity contribution in [3.8, 4) is 11.8 Å². The van der Waals surface area contributed by atoms with Crippen LogP contribution >= 0.6 is 0 Å². The largest absolute Gasteiger partial charge is 0.490 e. The molecule has 0 N–H and O–H groups in total. The fourth-order valence-corrected chi connectivity index (χ4v) is 0.866. The molecule has 0 bridgehead atoms. The highest BCUT2D eigenvalue weighted by Crippen LogP contribution is 2.11. The van der Waals surface area contributed by atoms with Gasteiger partial charge in [0.25, 0.3) is 0 Å². The molecule has 0 aromatic heterocycles. The molecule has 0 spiro atoms. The van der Waals surface area contributed by atoms with Crippen LogP contribution < -0.4 is 4.74 Å². The van der Waals surface area contributed by atoms with Gasteiger partial charge in [-0.15, -0.1) is 0 Å². The van der Waals surface area contributed by atoms with Crippen LogP contribution in [-0.2, 0) is 0 Å². The van der Waals surface area contributed by atoms with E-state index >= 15 is 0 Å². The van der Waals surface area contributed by atoms with Crippen LogP contribution in [0.25, 0.3) is 0 Å². The predicted molar refractivity (Wildman–Crippen MR) is 51.5 cm³/mol. The lowest BCUT2D eigenvalue weighted by atomic mass is 10.2. The normalized spacial score (nSPS) is 9.85. The maximum absolute atomic E-state index is 8.54. The zero-order valence-corrected chi connectivity index (χ0v) is 7.53. The minimum atomic E-state index is 0.572. The predicted octanol–water partition coefficient (Wildman–Crippen LogP) is 2.51. The maximum atomic E-state index is 8.54. The van der Waals surface area contributed by atoms with E-state index < -0.39 is 0 Å². The summed E-state index contributed by atoms with van der Waals surface area (Å²) in [7, 11) is 0. The van der Waals surface area contributed by atoms with Gasteiger partial charge in [-0.25, -0.2) is 0 Å². The first-order valence-electron chi connectivity index (χ1n) is 4.11. The van der Waals surface area contributed by atoms with E-state index in [4.69, 9.17) is 10.00 Å². The Kier molecular flexibility index (Phi) is 3.59. The Balaban J connectivity index is 2.55. The van der Waals surface area contributed by atoms with Gasteiger partial charge in [0.2, 0.25) is 0 Å². The number of allylic oxidation sites excluding steroid dienone is 1. The first-order valence-corrected chi connectivity index (χ1v) is 4.11. The van der Waals surface area contributed by atoms with Gasteiger partial charge in [-0.2, -0.15) is 5.26 Å². The summed E-state index contributed by atoms with van der Waals surface area (Å²) in [6, 6.07) is 9.12. The Labute approximate surface area is 78.1 Å². The molecular weight excluding hydrogens is 162 g/mol. The summed E-state index contributed by atoms with van der Waals surface area (Å²) in [6.07, 6.45) is 3.86. The first kappa shape index (κ1) is 9.34. The number of benzene rings is 1. The molecule has 0 heterocycles. The van der Waals surface area contributed by atoms with Gasteiger partial charge in [0.05, 0.1) is 11.6 Å². The van der Waals surface area contributed by atoms with E-state index in [1.165, 1.54) is 0 Å². The molecule has 0 saturated heterocycles. The van der Waals surface area contributed by atoms with Crippen molar-refractivity contribution in [2.24, 2.45) is 0 Å². The Morgan fingerprint density at radius 3 is 2.62 bits per heavy atom. The second-order valence-corrected chi connectivity index (χ2v) is 2.52. The zero-order valence-electron chi connectivity index (χ0n) is 7.53. The Bertz CT molecular complexity index is 319. The maximum Gasteiger partial charge on any atom is 0.119 e. The van der Waals surface area contributed by atoms with Crippen LogP contribution in [-0.4, -0.2) is 6.61 Å². The van der Waals surface area contributed by atoms with E-state index in [-0.39, 0.29) is 0 Å². The highest BCUT2D eigenvalue weighted by atomic mass is 16.5. The third kappa shape index (κ3) is 3.00. The summed E-state index contributed by atoms with van der Waals surface area (Å²) >= 11 is 0. The molecule has 0 atom stereocenters. The number of nitriles is 1. The van der Waals surface area contributed by atoms with Crippen molar-refractivity contribution in [3.63, 3.8) is 0 Å².